The molecular weight excluding hydrogens is 308 g/mol. The summed E-state index contributed by atoms with van der Waals surface area (Å²) in [7, 11) is -4.09. The van der Waals surface area contributed by atoms with Crippen LogP contribution in [0.5, 0.6) is 0 Å². The van der Waals surface area contributed by atoms with Crippen molar-refractivity contribution in [2.75, 3.05) is 5.32 Å². The molecule has 0 fully saturated rings. The summed E-state index contributed by atoms with van der Waals surface area (Å²) in [5, 5.41) is 2.03. The van der Waals surface area contributed by atoms with E-state index in [1.165, 1.54) is 23.2 Å². The number of aromatic nitrogens is 4. The van der Waals surface area contributed by atoms with Gasteiger partial charge >= 0.3 is 6.03 Å². The third-order valence-electron chi connectivity index (χ3n) is 2.68. The summed E-state index contributed by atoms with van der Waals surface area (Å²) in [5.74, 6) is 0.0138. The molecule has 2 aromatic heterocycles. The van der Waals surface area contributed by atoms with Gasteiger partial charge < -0.3 is 4.57 Å². The summed E-state index contributed by atoms with van der Waals surface area (Å²) in [4.78, 5) is 23.4. The Morgan fingerprint density at radius 1 is 1.27 bits per heavy atom. The summed E-state index contributed by atoms with van der Waals surface area (Å²) in [5.41, 5.74) is 0.642. The molecule has 0 bridgehead atoms. The normalized spacial score (nSPS) is 11.5. The lowest BCUT2D eigenvalue weighted by atomic mass is 10.4. The van der Waals surface area contributed by atoms with Crippen LogP contribution in [0.1, 0.15) is 25.6 Å². The molecule has 10 heteroatoms. The fourth-order valence-corrected chi connectivity index (χ4v) is 2.84. The van der Waals surface area contributed by atoms with Crippen molar-refractivity contribution in [2.45, 2.75) is 32.0 Å². The van der Waals surface area contributed by atoms with Gasteiger partial charge in [0.1, 0.15) is 0 Å². The zero-order valence-corrected chi connectivity index (χ0v) is 13.1. The second kappa shape index (κ2) is 6.10. The quantitative estimate of drug-likeness (QED) is 0.868. The maximum atomic E-state index is 12.2. The van der Waals surface area contributed by atoms with Crippen LogP contribution >= 0.6 is 0 Å². The minimum Gasteiger partial charge on any atom is -0.318 e. The number of urea groups is 1. The van der Waals surface area contributed by atoms with Crippen molar-refractivity contribution in [3.05, 3.63) is 30.4 Å². The Hall–Kier alpha value is -2.49. The Kier molecular flexibility index (Phi) is 4.40. The van der Waals surface area contributed by atoms with Crippen LogP contribution in [-0.2, 0) is 10.0 Å². The number of sulfonamides is 1. The first-order valence-corrected chi connectivity index (χ1v) is 7.94. The molecule has 0 spiro atoms. The Bertz CT molecular complexity index is 784. The average Bonchev–Trinajstić information content (AvgIpc) is 2.87. The van der Waals surface area contributed by atoms with E-state index in [-0.39, 0.29) is 17.1 Å². The zero-order valence-electron chi connectivity index (χ0n) is 12.3. The molecule has 0 aromatic carbocycles. The van der Waals surface area contributed by atoms with Gasteiger partial charge in [0.25, 0.3) is 10.0 Å². The number of nitrogens with one attached hydrogen (secondary N) is 2. The Labute approximate surface area is 127 Å². The predicted octanol–water partition coefficient (Wildman–Crippen LogP) is 1.07. The number of hydrogen-bond donors (Lipinski definition) is 2. The van der Waals surface area contributed by atoms with Crippen molar-refractivity contribution in [1.29, 1.82) is 0 Å². The molecule has 0 atom stereocenters. The molecule has 2 heterocycles. The molecule has 118 valence electrons. The lowest BCUT2D eigenvalue weighted by Crippen LogP contribution is -2.36. The maximum absolute atomic E-state index is 12.2. The van der Waals surface area contributed by atoms with Crippen molar-refractivity contribution in [3.63, 3.8) is 0 Å². The van der Waals surface area contributed by atoms with Crippen molar-refractivity contribution < 1.29 is 13.2 Å². The highest BCUT2D eigenvalue weighted by Crippen LogP contribution is 2.13. The Morgan fingerprint density at radius 2 is 2.00 bits per heavy atom. The minimum atomic E-state index is -4.09. The topological polar surface area (TPSA) is 119 Å². The predicted molar refractivity (Wildman–Crippen MR) is 78.7 cm³/mol. The van der Waals surface area contributed by atoms with Crippen molar-refractivity contribution >= 4 is 22.0 Å². The first kappa shape index (κ1) is 15.9. The number of anilines is 1. The number of imidazole rings is 1. The van der Waals surface area contributed by atoms with Crippen LogP contribution in [0.2, 0.25) is 0 Å². The van der Waals surface area contributed by atoms with Gasteiger partial charge in [0, 0.05) is 30.3 Å². The van der Waals surface area contributed by atoms with E-state index >= 15 is 0 Å². The van der Waals surface area contributed by atoms with E-state index in [2.05, 4.69) is 20.3 Å². The summed E-state index contributed by atoms with van der Waals surface area (Å²) in [6.45, 7) is 5.34. The minimum absolute atomic E-state index is 0.0138. The third kappa shape index (κ3) is 3.58. The Balaban J connectivity index is 2.15. The number of rotatable bonds is 4. The molecule has 2 aromatic rings. The fraction of sp³-hybridized carbons (Fsp3) is 0.333. The van der Waals surface area contributed by atoms with E-state index in [1.54, 1.807) is 26.8 Å². The van der Waals surface area contributed by atoms with Gasteiger partial charge in [-0.2, -0.15) is 8.42 Å². The van der Waals surface area contributed by atoms with E-state index in [9.17, 15) is 13.2 Å². The Morgan fingerprint density at radius 3 is 2.64 bits per heavy atom. The number of nitrogens with zero attached hydrogens (tertiary/aromatic N) is 4. The molecule has 0 aliphatic heterocycles. The highest BCUT2D eigenvalue weighted by atomic mass is 32.2. The first-order chi connectivity index (χ1) is 10.3. The number of aryl methyl sites for hydroxylation is 1. The highest BCUT2D eigenvalue weighted by Gasteiger charge is 2.24. The van der Waals surface area contributed by atoms with Crippen molar-refractivity contribution in [2.24, 2.45) is 0 Å². The van der Waals surface area contributed by atoms with Gasteiger partial charge in [0.05, 0.1) is 0 Å². The van der Waals surface area contributed by atoms with E-state index in [0.29, 0.717) is 5.69 Å². The van der Waals surface area contributed by atoms with Crippen LogP contribution in [-0.4, -0.2) is 34.0 Å². The SMILES string of the molecule is Cc1ccnc(NC(=O)NS(=O)(=O)c2nccn2C(C)C)n1. The van der Waals surface area contributed by atoms with E-state index in [4.69, 9.17) is 0 Å². The van der Waals surface area contributed by atoms with E-state index in [0.717, 1.165) is 0 Å². The smallest absolute Gasteiger partial charge is 0.318 e. The van der Waals surface area contributed by atoms with Gasteiger partial charge in [0.15, 0.2) is 0 Å². The summed E-state index contributed by atoms with van der Waals surface area (Å²) in [6, 6.07) is 0.584. The second-order valence-electron chi connectivity index (χ2n) is 4.79. The van der Waals surface area contributed by atoms with Gasteiger partial charge in [-0.3, -0.25) is 5.32 Å². The van der Waals surface area contributed by atoms with Crippen LogP contribution in [0.3, 0.4) is 0 Å². The molecule has 2 N–H and O–H groups in total. The molecule has 22 heavy (non-hydrogen) atoms. The third-order valence-corrected chi connectivity index (χ3v) is 3.93. The molecule has 0 aliphatic carbocycles. The summed E-state index contributed by atoms with van der Waals surface area (Å²) in [6.07, 6.45) is 4.34. The monoisotopic (exact) mass is 324 g/mol. The van der Waals surface area contributed by atoms with Crippen LogP contribution in [0.15, 0.2) is 29.8 Å². The van der Waals surface area contributed by atoms with Crippen LogP contribution in [0.4, 0.5) is 10.7 Å². The van der Waals surface area contributed by atoms with E-state index in [1.807, 2.05) is 4.72 Å². The average molecular weight is 324 g/mol. The molecule has 0 unspecified atom stereocenters. The van der Waals surface area contributed by atoms with Gasteiger partial charge in [-0.25, -0.2) is 24.5 Å². The summed E-state index contributed by atoms with van der Waals surface area (Å²) >= 11 is 0. The molecule has 0 radical (unpaired) electrons. The standard InChI is InChI=1S/C12H16N6O3S/c1-8(2)18-7-6-14-12(18)22(20,21)17-11(19)16-10-13-5-4-9(3)15-10/h4-8H,1-3H3,(H2,13,15,16,17,19). The second-order valence-corrected chi connectivity index (χ2v) is 6.37. The van der Waals surface area contributed by atoms with Crippen LogP contribution in [0.25, 0.3) is 0 Å². The van der Waals surface area contributed by atoms with Gasteiger partial charge in [-0.15, -0.1) is 0 Å². The van der Waals surface area contributed by atoms with Crippen LogP contribution in [0, 0.1) is 6.92 Å². The van der Waals surface area contributed by atoms with Crippen molar-refractivity contribution in [3.8, 4) is 0 Å². The molecule has 2 rings (SSSR count). The molecule has 0 saturated carbocycles. The van der Waals surface area contributed by atoms with Gasteiger partial charge in [-0.05, 0) is 26.8 Å². The molecular formula is C12H16N6O3S. The number of carbonyl (C=O) groups excluding carboxylic acids is 1. The number of hydrogen-bond acceptors (Lipinski definition) is 6. The molecule has 0 aliphatic rings. The molecule has 2 amide bonds. The van der Waals surface area contributed by atoms with E-state index < -0.39 is 16.1 Å². The molecule has 0 saturated heterocycles. The highest BCUT2D eigenvalue weighted by molar-refractivity contribution is 7.89. The maximum Gasteiger partial charge on any atom is 0.335 e. The molecule has 9 nitrogen and oxygen atoms in total. The number of amides is 2. The lowest BCUT2D eigenvalue weighted by Gasteiger charge is -2.12. The van der Waals surface area contributed by atoms with Crippen molar-refractivity contribution in [1.82, 2.24) is 24.2 Å². The number of carbonyl (C=O) groups is 1. The fourth-order valence-electron chi connectivity index (χ4n) is 1.70. The van der Waals surface area contributed by atoms with Gasteiger partial charge in [0.2, 0.25) is 11.1 Å². The largest absolute Gasteiger partial charge is 0.335 e. The van der Waals surface area contributed by atoms with Crippen LogP contribution < -0.4 is 10.0 Å². The zero-order chi connectivity index (χ0) is 16.3. The lowest BCUT2D eigenvalue weighted by molar-refractivity contribution is 0.256. The summed E-state index contributed by atoms with van der Waals surface area (Å²) < 4.78 is 27.7. The van der Waals surface area contributed by atoms with Gasteiger partial charge in [-0.1, -0.05) is 0 Å². The first-order valence-electron chi connectivity index (χ1n) is 6.46.